The van der Waals surface area contributed by atoms with Crippen LogP contribution in [0.2, 0.25) is 0 Å². The molecule has 28 heavy (non-hydrogen) atoms. The molecule has 3 rings (SSSR count). The van der Waals surface area contributed by atoms with E-state index in [-0.39, 0.29) is 18.2 Å². The Morgan fingerprint density at radius 3 is 2.75 bits per heavy atom. The molecule has 0 atom stereocenters. The number of hydrogen-bond acceptors (Lipinski definition) is 6. The van der Waals surface area contributed by atoms with E-state index in [1.54, 1.807) is 17.2 Å². The largest absolute Gasteiger partial charge is 0.467 e. The Labute approximate surface area is 164 Å². The zero-order chi connectivity index (χ0) is 19.6. The predicted octanol–water partition coefficient (Wildman–Crippen LogP) is 1.70. The first-order chi connectivity index (χ1) is 13.7. The first-order valence-electron chi connectivity index (χ1n) is 9.79. The first-order valence-corrected chi connectivity index (χ1v) is 9.79. The van der Waals surface area contributed by atoms with Gasteiger partial charge in [-0.2, -0.15) is 0 Å². The van der Waals surface area contributed by atoms with Crippen molar-refractivity contribution >= 4 is 11.8 Å². The van der Waals surface area contributed by atoms with Gasteiger partial charge in [0.05, 0.1) is 19.0 Å². The van der Waals surface area contributed by atoms with Gasteiger partial charge in [0.25, 0.3) is 5.91 Å². The summed E-state index contributed by atoms with van der Waals surface area (Å²) in [5, 5.41) is 2.82. The molecular weight excluding hydrogens is 358 g/mol. The number of likely N-dealkylation sites (tertiary alicyclic amines) is 1. The number of furan rings is 1. The van der Waals surface area contributed by atoms with Crippen LogP contribution < -0.4 is 5.32 Å². The average molecular weight is 385 g/mol. The number of piperidine rings is 1. The molecule has 0 unspecified atom stereocenters. The zero-order valence-corrected chi connectivity index (χ0v) is 16.0. The second-order valence-electron chi connectivity index (χ2n) is 6.89. The van der Waals surface area contributed by atoms with Crippen LogP contribution in [0.25, 0.3) is 0 Å². The van der Waals surface area contributed by atoms with Crippen LogP contribution in [0.3, 0.4) is 0 Å². The number of carbonyl (C=O) groups excluding carboxylic acids is 2. The maximum atomic E-state index is 12.8. The van der Waals surface area contributed by atoms with Crippen molar-refractivity contribution in [2.75, 3.05) is 32.7 Å². The maximum absolute atomic E-state index is 12.8. The normalized spacial score (nSPS) is 14.6. The number of hydrogen-bond donors (Lipinski definition) is 1. The van der Waals surface area contributed by atoms with Gasteiger partial charge in [0, 0.05) is 38.4 Å². The molecule has 0 aliphatic carbocycles. The Morgan fingerprint density at radius 1 is 1.18 bits per heavy atom. The first kappa shape index (κ1) is 20.0. The van der Waals surface area contributed by atoms with Crippen molar-refractivity contribution < 1.29 is 14.0 Å². The van der Waals surface area contributed by atoms with E-state index in [0.29, 0.717) is 31.1 Å². The molecular formula is C20H27N5O3. The van der Waals surface area contributed by atoms with E-state index >= 15 is 0 Å². The van der Waals surface area contributed by atoms with Crippen molar-refractivity contribution in [3.8, 4) is 0 Å². The van der Waals surface area contributed by atoms with Crippen molar-refractivity contribution in [3.05, 3.63) is 48.4 Å². The topological polar surface area (TPSA) is 91.6 Å². The van der Waals surface area contributed by atoms with E-state index in [9.17, 15) is 9.59 Å². The van der Waals surface area contributed by atoms with Gasteiger partial charge in [0.15, 0.2) is 0 Å². The van der Waals surface area contributed by atoms with Gasteiger partial charge in [-0.05, 0) is 38.1 Å². The molecule has 1 N–H and O–H groups in total. The summed E-state index contributed by atoms with van der Waals surface area (Å²) in [6.07, 6.45) is 9.99. The molecule has 0 spiro atoms. The number of aromatic nitrogens is 2. The molecule has 2 amide bonds. The summed E-state index contributed by atoms with van der Waals surface area (Å²) in [7, 11) is 0. The Hall–Kier alpha value is -2.74. The van der Waals surface area contributed by atoms with Gasteiger partial charge in [-0.1, -0.05) is 6.42 Å². The minimum Gasteiger partial charge on any atom is -0.467 e. The summed E-state index contributed by atoms with van der Waals surface area (Å²) in [6.45, 7) is 4.19. The molecule has 150 valence electrons. The van der Waals surface area contributed by atoms with Gasteiger partial charge in [-0.15, -0.1) is 0 Å². The molecule has 0 bridgehead atoms. The lowest BCUT2D eigenvalue weighted by Crippen LogP contribution is -2.42. The van der Waals surface area contributed by atoms with E-state index in [1.807, 2.05) is 6.07 Å². The van der Waals surface area contributed by atoms with E-state index in [1.165, 1.54) is 37.9 Å². The summed E-state index contributed by atoms with van der Waals surface area (Å²) < 4.78 is 5.21. The highest BCUT2D eigenvalue weighted by atomic mass is 16.3. The average Bonchev–Trinajstić information content (AvgIpc) is 3.27. The van der Waals surface area contributed by atoms with Crippen LogP contribution in [-0.2, 0) is 11.3 Å². The van der Waals surface area contributed by atoms with E-state index in [0.717, 1.165) is 19.6 Å². The van der Waals surface area contributed by atoms with Crippen LogP contribution in [0.5, 0.6) is 0 Å². The van der Waals surface area contributed by atoms with Gasteiger partial charge < -0.3 is 19.5 Å². The SMILES string of the molecule is O=C(CCN(CCN1CCCCC1)C(=O)c1cnccn1)NCc1ccco1. The maximum Gasteiger partial charge on any atom is 0.274 e. The lowest BCUT2D eigenvalue weighted by atomic mass is 10.1. The van der Waals surface area contributed by atoms with E-state index in [4.69, 9.17) is 4.42 Å². The van der Waals surface area contributed by atoms with Gasteiger partial charge in [-0.25, -0.2) is 4.98 Å². The molecule has 2 aromatic heterocycles. The van der Waals surface area contributed by atoms with Crippen LogP contribution in [0.15, 0.2) is 41.4 Å². The number of amides is 2. The molecule has 1 fully saturated rings. The number of carbonyl (C=O) groups is 2. The van der Waals surface area contributed by atoms with Crippen molar-refractivity contribution in [2.24, 2.45) is 0 Å². The van der Waals surface area contributed by atoms with Crippen molar-refractivity contribution in [3.63, 3.8) is 0 Å². The number of rotatable bonds is 9. The van der Waals surface area contributed by atoms with Crippen molar-refractivity contribution in [1.29, 1.82) is 0 Å². The minimum atomic E-state index is -0.191. The molecule has 1 saturated heterocycles. The number of nitrogens with one attached hydrogen (secondary N) is 1. The summed E-state index contributed by atoms with van der Waals surface area (Å²) in [5.74, 6) is 0.390. The number of nitrogens with zero attached hydrogens (tertiary/aromatic N) is 4. The second kappa shape index (κ2) is 10.6. The van der Waals surface area contributed by atoms with Gasteiger partial charge in [0.2, 0.25) is 5.91 Å². The van der Waals surface area contributed by atoms with Crippen LogP contribution in [0.1, 0.15) is 41.9 Å². The fourth-order valence-electron chi connectivity index (χ4n) is 3.26. The van der Waals surface area contributed by atoms with E-state index in [2.05, 4.69) is 20.2 Å². The lowest BCUT2D eigenvalue weighted by Gasteiger charge is -2.30. The highest BCUT2D eigenvalue weighted by Gasteiger charge is 2.20. The highest BCUT2D eigenvalue weighted by Crippen LogP contribution is 2.09. The van der Waals surface area contributed by atoms with E-state index < -0.39 is 0 Å². The molecule has 1 aliphatic heterocycles. The third-order valence-electron chi connectivity index (χ3n) is 4.85. The van der Waals surface area contributed by atoms with Gasteiger partial charge in [-0.3, -0.25) is 14.6 Å². The highest BCUT2D eigenvalue weighted by molar-refractivity contribution is 5.92. The fraction of sp³-hybridized carbons (Fsp3) is 0.500. The Bertz CT molecular complexity index is 730. The summed E-state index contributed by atoms with van der Waals surface area (Å²) in [4.78, 5) is 37.2. The molecule has 8 heteroatoms. The molecule has 0 aromatic carbocycles. The minimum absolute atomic E-state index is 0.119. The Kier molecular flexibility index (Phi) is 7.54. The van der Waals surface area contributed by atoms with Gasteiger partial charge in [0.1, 0.15) is 11.5 Å². The quantitative estimate of drug-likeness (QED) is 0.706. The molecule has 8 nitrogen and oxygen atoms in total. The summed E-state index contributed by atoms with van der Waals surface area (Å²) in [5.41, 5.74) is 0.303. The van der Waals surface area contributed by atoms with Crippen LogP contribution in [-0.4, -0.2) is 64.3 Å². The molecule has 3 heterocycles. The predicted molar refractivity (Wildman–Crippen MR) is 103 cm³/mol. The standard InChI is InChI=1S/C20H27N5O3/c26-19(23-15-17-5-4-14-28-17)6-11-25(13-12-24-9-2-1-3-10-24)20(27)18-16-21-7-8-22-18/h4-5,7-8,14,16H,1-3,6,9-13,15H2,(H,23,26). The smallest absolute Gasteiger partial charge is 0.274 e. The second-order valence-corrected chi connectivity index (χ2v) is 6.89. The Balaban J connectivity index is 1.53. The van der Waals surface area contributed by atoms with Crippen molar-refractivity contribution in [2.45, 2.75) is 32.2 Å². The Morgan fingerprint density at radius 2 is 2.04 bits per heavy atom. The lowest BCUT2D eigenvalue weighted by molar-refractivity contribution is -0.121. The molecule has 1 aliphatic rings. The summed E-state index contributed by atoms with van der Waals surface area (Å²) >= 11 is 0. The molecule has 0 saturated carbocycles. The monoisotopic (exact) mass is 385 g/mol. The fourth-order valence-corrected chi connectivity index (χ4v) is 3.26. The summed E-state index contributed by atoms with van der Waals surface area (Å²) in [6, 6.07) is 3.59. The van der Waals surface area contributed by atoms with Crippen LogP contribution in [0.4, 0.5) is 0 Å². The zero-order valence-electron chi connectivity index (χ0n) is 16.0. The van der Waals surface area contributed by atoms with Crippen LogP contribution >= 0.6 is 0 Å². The van der Waals surface area contributed by atoms with Crippen LogP contribution in [0, 0.1) is 0 Å². The molecule has 0 radical (unpaired) electrons. The third-order valence-corrected chi connectivity index (χ3v) is 4.85. The third kappa shape index (κ3) is 6.16. The molecule has 2 aromatic rings. The van der Waals surface area contributed by atoms with Crippen molar-refractivity contribution in [1.82, 2.24) is 25.1 Å². The van der Waals surface area contributed by atoms with Gasteiger partial charge >= 0.3 is 0 Å².